The Morgan fingerprint density at radius 2 is 2.10 bits per heavy atom. The Morgan fingerprint density at radius 1 is 1.23 bits per heavy atom. The van der Waals surface area contributed by atoms with Crippen LogP contribution in [0.25, 0.3) is 10.7 Å². The van der Waals surface area contributed by atoms with Crippen LogP contribution in [0, 0.1) is 0 Å². The number of likely N-dealkylation sites (tertiary alicyclic amines) is 1. The summed E-state index contributed by atoms with van der Waals surface area (Å²) in [6, 6.07) is 10.2. The van der Waals surface area contributed by atoms with Crippen molar-refractivity contribution in [2.75, 3.05) is 25.5 Å². The molecule has 1 atom stereocenters. The fraction of sp³-hybridized carbons (Fsp3) is 0.409. The van der Waals surface area contributed by atoms with Crippen molar-refractivity contribution in [2.24, 2.45) is 0 Å². The number of thiophene rings is 1. The number of aromatic nitrogens is 3. The Kier molecular flexibility index (Phi) is 5.87. The summed E-state index contributed by atoms with van der Waals surface area (Å²) in [5, 5.41) is 11.5. The van der Waals surface area contributed by atoms with Crippen LogP contribution in [0.5, 0.6) is 11.5 Å². The quantitative estimate of drug-likeness (QED) is 0.517. The predicted molar refractivity (Wildman–Crippen MR) is 121 cm³/mol. The number of fused-ring (bicyclic) bond motifs is 1. The van der Waals surface area contributed by atoms with Gasteiger partial charge in [-0.2, -0.15) is 0 Å². The lowest BCUT2D eigenvalue weighted by Crippen LogP contribution is -2.32. The molecular formula is C22H24N4O3S2. The van der Waals surface area contributed by atoms with E-state index < -0.39 is 0 Å². The molecule has 3 aromatic rings. The van der Waals surface area contributed by atoms with E-state index in [0.29, 0.717) is 19.0 Å². The number of hydrogen-bond acceptors (Lipinski definition) is 7. The van der Waals surface area contributed by atoms with Crippen molar-refractivity contribution in [3.8, 4) is 22.2 Å². The molecule has 1 amide bonds. The molecule has 2 aliphatic rings. The highest BCUT2D eigenvalue weighted by Crippen LogP contribution is 2.38. The number of thioether (sulfide) groups is 1. The van der Waals surface area contributed by atoms with Crippen LogP contribution < -0.4 is 9.47 Å². The van der Waals surface area contributed by atoms with E-state index >= 15 is 0 Å². The molecule has 7 nitrogen and oxygen atoms in total. The highest BCUT2D eigenvalue weighted by Gasteiger charge is 2.31. The fourth-order valence-corrected chi connectivity index (χ4v) is 5.76. The zero-order chi connectivity index (χ0) is 21.2. The van der Waals surface area contributed by atoms with E-state index in [-0.39, 0.29) is 11.9 Å². The van der Waals surface area contributed by atoms with Gasteiger partial charge in [0, 0.05) is 13.1 Å². The first kappa shape index (κ1) is 20.4. The Bertz CT molecular complexity index is 1070. The number of rotatable bonds is 6. The van der Waals surface area contributed by atoms with Gasteiger partial charge in [-0.25, -0.2) is 0 Å². The van der Waals surface area contributed by atoms with Crippen molar-refractivity contribution >= 4 is 29.0 Å². The Balaban J connectivity index is 1.28. The first-order valence-electron chi connectivity index (χ1n) is 10.5. The molecule has 31 heavy (non-hydrogen) atoms. The van der Waals surface area contributed by atoms with Crippen LogP contribution in [0.15, 0.2) is 40.9 Å². The summed E-state index contributed by atoms with van der Waals surface area (Å²) < 4.78 is 13.4. The maximum atomic E-state index is 13.1. The molecule has 0 aliphatic carbocycles. The Hall–Kier alpha value is -2.52. The topological polar surface area (TPSA) is 69.5 Å². The molecule has 0 radical (unpaired) electrons. The van der Waals surface area contributed by atoms with Crippen LogP contribution in [-0.2, 0) is 11.3 Å². The summed E-state index contributed by atoms with van der Waals surface area (Å²) in [5.41, 5.74) is 1.11. The summed E-state index contributed by atoms with van der Waals surface area (Å²) in [6.07, 6.45) is 1.97. The van der Waals surface area contributed by atoms with Crippen LogP contribution in [0.4, 0.5) is 0 Å². The van der Waals surface area contributed by atoms with Gasteiger partial charge >= 0.3 is 0 Å². The number of carbonyl (C=O) groups is 1. The Labute approximate surface area is 189 Å². The molecule has 4 heterocycles. The van der Waals surface area contributed by atoms with Gasteiger partial charge in [0.15, 0.2) is 22.5 Å². The molecule has 0 unspecified atom stereocenters. The number of nitrogens with zero attached hydrogens (tertiary/aromatic N) is 4. The highest BCUT2D eigenvalue weighted by atomic mass is 32.2. The van der Waals surface area contributed by atoms with E-state index in [9.17, 15) is 4.79 Å². The Morgan fingerprint density at radius 3 is 2.90 bits per heavy atom. The minimum atomic E-state index is 0.0784. The largest absolute Gasteiger partial charge is 0.486 e. The second-order valence-electron chi connectivity index (χ2n) is 7.46. The molecule has 0 N–H and O–H groups in total. The minimum absolute atomic E-state index is 0.0784. The zero-order valence-corrected chi connectivity index (χ0v) is 19.0. The molecule has 0 bridgehead atoms. The second kappa shape index (κ2) is 8.92. The van der Waals surface area contributed by atoms with Crippen molar-refractivity contribution in [1.82, 2.24) is 19.7 Å². The average molecular weight is 457 g/mol. The fourth-order valence-electron chi connectivity index (χ4n) is 4.16. The third kappa shape index (κ3) is 4.04. The lowest BCUT2D eigenvalue weighted by atomic mass is 10.0. The molecular weight excluding hydrogens is 432 g/mol. The maximum Gasteiger partial charge on any atom is 0.233 e. The second-order valence-corrected chi connectivity index (χ2v) is 9.35. The monoisotopic (exact) mass is 456 g/mol. The molecule has 5 rings (SSSR count). The van der Waals surface area contributed by atoms with E-state index in [0.717, 1.165) is 58.9 Å². The van der Waals surface area contributed by atoms with Crippen molar-refractivity contribution in [3.63, 3.8) is 0 Å². The molecule has 162 valence electrons. The van der Waals surface area contributed by atoms with Gasteiger partial charge in [-0.15, -0.1) is 21.5 Å². The molecule has 0 spiro atoms. The summed E-state index contributed by atoms with van der Waals surface area (Å²) in [4.78, 5) is 16.2. The molecule has 1 aromatic carbocycles. The highest BCUT2D eigenvalue weighted by molar-refractivity contribution is 7.99. The van der Waals surface area contributed by atoms with E-state index in [1.54, 1.807) is 11.3 Å². The summed E-state index contributed by atoms with van der Waals surface area (Å²) in [5.74, 6) is 2.90. The number of amides is 1. The van der Waals surface area contributed by atoms with Gasteiger partial charge in [0.1, 0.15) is 13.2 Å². The minimum Gasteiger partial charge on any atom is -0.486 e. The van der Waals surface area contributed by atoms with Gasteiger partial charge in [-0.05, 0) is 48.9 Å². The van der Waals surface area contributed by atoms with Crippen molar-refractivity contribution in [1.29, 1.82) is 0 Å². The first-order chi connectivity index (χ1) is 15.2. The van der Waals surface area contributed by atoms with Gasteiger partial charge in [-0.3, -0.25) is 4.79 Å². The van der Waals surface area contributed by atoms with Crippen LogP contribution in [0.2, 0.25) is 0 Å². The standard InChI is InChI=1S/C22H24N4O3S2/c1-2-25-21(19-6-4-12-30-19)23-24-22(25)31-14-20(27)26-9-3-5-16(26)15-7-8-17-18(13-15)29-11-10-28-17/h4,6-8,12-13,16H,2-3,5,9-11,14H2,1H3/t16-/m1/s1. The third-order valence-corrected chi connectivity index (χ3v) is 7.44. The van der Waals surface area contributed by atoms with Gasteiger partial charge in [-0.1, -0.05) is 23.9 Å². The number of hydrogen-bond donors (Lipinski definition) is 0. The summed E-state index contributed by atoms with van der Waals surface area (Å²) >= 11 is 3.11. The lowest BCUT2D eigenvalue weighted by molar-refractivity contribution is -0.129. The normalized spacial score (nSPS) is 17.8. The van der Waals surface area contributed by atoms with Crippen LogP contribution in [-0.4, -0.2) is 51.1 Å². The molecule has 2 aliphatic heterocycles. The van der Waals surface area contributed by atoms with Crippen LogP contribution in [0.3, 0.4) is 0 Å². The number of ether oxygens (including phenoxy) is 2. The number of carbonyl (C=O) groups excluding carboxylic acids is 1. The molecule has 2 aromatic heterocycles. The van der Waals surface area contributed by atoms with Gasteiger partial charge in [0.25, 0.3) is 0 Å². The van der Waals surface area contributed by atoms with E-state index in [2.05, 4.69) is 27.8 Å². The SMILES string of the molecule is CCn1c(SCC(=O)N2CCC[C@@H]2c2ccc3c(c2)OCCO3)nnc1-c1cccs1. The smallest absolute Gasteiger partial charge is 0.233 e. The average Bonchev–Trinajstić information content (AvgIpc) is 3.57. The van der Waals surface area contributed by atoms with Crippen molar-refractivity contribution in [2.45, 2.75) is 37.5 Å². The van der Waals surface area contributed by atoms with Crippen molar-refractivity contribution < 1.29 is 14.3 Å². The van der Waals surface area contributed by atoms with Gasteiger partial charge < -0.3 is 18.9 Å². The maximum absolute atomic E-state index is 13.1. The molecule has 1 saturated heterocycles. The summed E-state index contributed by atoms with van der Waals surface area (Å²) in [7, 11) is 0. The predicted octanol–water partition coefficient (Wildman–Crippen LogP) is 4.25. The van der Waals surface area contributed by atoms with Crippen LogP contribution >= 0.6 is 23.1 Å². The zero-order valence-electron chi connectivity index (χ0n) is 17.3. The molecule has 9 heteroatoms. The third-order valence-electron chi connectivity index (χ3n) is 5.62. The van der Waals surface area contributed by atoms with E-state index in [1.807, 2.05) is 34.5 Å². The van der Waals surface area contributed by atoms with Crippen LogP contribution in [0.1, 0.15) is 31.4 Å². The van der Waals surface area contributed by atoms with Crippen molar-refractivity contribution in [3.05, 3.63) is 41.3 Å². The molecule has 1 fully saturated rings. The lowest BCUT2D eigenvalue weighted by Gasteiger charge is -2.26. The number of benzene rings is 1. The molecule has 0 saturated carbocycles. The summed E-state index contributed by atoms with van der Waals surface area (Å²) in [6.45, 7) is 4.75. The van der Waals surface area contributed by atoms with Gasteiger partial charge in [0.2, 0.25) is 5.91 Å². The van der Waals surface area contributed by atoms with E-state index in [1.165, 1.54) is 11.8 Å². The van der Waals surface area contributed by atoms with E-state index in [4.69, 9.17) is 9.47 Å². The van der Waals surface area contributed by atoms with Gasteiger partial charge in [0.05, 0.1) is 16.7 Å². The first-order valence-corrected chi connectivity index (χ1v) is 12.4.